The van der Waals surface area contributed by atoms with Gasteiger partial charge in [-0.1, -0.05) is 17.8 Å². The average molecular weight is 420 g/mol. The highest BCUT2D eigenvalue weighted by Gasteiger charge is 2.31. The van der Waals surface area contributed by atoms with Crippen molar-refractivity contribution >= 4 is 44.4 Å². The summed E-state index contributed by atoms with van der Waals surface area (Å²) < 4.78 is 25.2. The predicted octanol–water partition coefficient (Wildman–Crippen LogP) is 2.47. The second kappa shape index (κ2) is 7.25. The van der Waals surface area contributed by atoms with E-state index in [1.807, 2.05) is 32.0 Å². The number of sulfone groups is 1. The highest BCUT2D eigenvalue weighted by molar-refractivity contribution is 7.99. The summed E-state index contributed by atoms with van der Waals surface area (Å²) in [6, 6.07) is 7.49. The molecule has 0 radical (unpaired) electrons. The van der Waals surface area contributed by atoms with Crippen LogP contribution in [0, 0.1) is 13.8 Å². The number of hydrogen-bond acceptors (Lipinski definition) is 6. The van der Waals surface area contributed by atoms with Crippen molar-refractivity contribution in [1.29, 1.82) is 0 Å². The lowest BCUT2D eigenvalue weighted by Gasteiger charge is -2.13. The number of aryl methyl sites for hydroxylation is 2. The van der Waals surface area contributed by atoms with Crippen LogP contribution in [0.1, 0.15) is 23.7 Å². The van der Waals surface area contributed by atoms with Gasteiger partial charge in [0, 0.05) is 6.07 Å². The molecule has 2 N–H and O–H groups in total. The Morgan fingerprint density at radius 2 is 2.18 bits per heavy atom. The van der Waals surface area contributed by atoms with Crippen LogP contribution >= 0.6 is 11.8 Å². The molecule has 1 atom stereocenters. The lowest BCUT2D eigenvalue weighted by atomic mass is 10.2. The van der Waals surface area contributed by atoms with Crippen LogP contribution < -0.4 is 5.32 Å². The number of imidazole rings is 1. The zero-order valence-electron chi connectivity index (χ0n) is 15.6. The van der Waals surface area contributed by atoms with Crippen LogP contribution in [0.25, 0.3) is 11.0 Å². The smallest absolute Gasteiger partial charge is 0.235 e. The van der Waals surface area contributed by atoms with E-state index >= 15 is 0 Å². The van der Waals surface area contributed by atoms with Crippen LogP contribution in [0.4, 0.5) is 5.82 Å². The Balaban J connectivity index is 1.42. The fraction of sp³-hybridized carbons (Fsp3) is 0.389. The predicted molar refractivity (Wildman–Crippen MR) is 109 cm³/mol. The van der Waals surface area contributed by atoms with Crippen LogP contribution in [0.15, 0.2) is 29.4 Å². The lowest BCUT2D eigenvalue weighted by Crippen LogP contribution is -2.20. The van der Waals surface area contributed by atoms with E-state index in [-0.39, 0.29) is 29.2 Å². The molecule has 1 aliphatic heterocycles. The topological polar surface area (TPSA) is 110 Å². The molecule has 0 unspecified atom stereocenters. The van der Waals surface area contributed by atoms with Crippen LogP contribution in [0.5, 0.6) is 0 Å². The molecule has 1 aliphatic rings. The van der Waals surface area contributed by atoms with Crippen LogP contribution in [0.3, 0.4) is 0 Å². The van der Waals surface area contributed by atoms with Crippen molar-refractivity contribution in [3.05, 3.63) is 35.5 Å². The maximum Gasteiger partial charge on any atom is 0.235 e. The van der Waals surface area contributed by atoms with E-state index in [1.165, 1.54) is 11.8 Å². The van der Waals surface area contributed by atoms with Gasteiger partial charge in [-0.3, -0.25) is 4.79 Å². The molecule has 148 valence electrons. The third-order valence-electron chi connectivity index (χ3n) is 4.64. The molecule has 3 aromatic rings. The molecule has 1 aromatic carbocycles. The number of nitrogens with one attached hydrogen (secondary N) is 2. The summed E-state index contributed by atoms with van der Waals surface area (Å²) in [5.41, 5.74) is 3.69. The van der Waals surface area contributed by atoms with Crippen molar-refractivity contribution in [2.45, 2.75) is 31.5 Å². The molecule has 1 saturated heterocycles. The Labute approximate surface area is 167 Å². The van der Waals surface area contributed by atoms with E-state index < -0.39 is 9.84 Å². The molecule has 0 bridgehead atoms. The SMILES string of the molecule is Cc1ccc2nc(SCC(=O)Nc3cc(C)nn3[C@@H]3CCS(=O)(=O)C3)[nH]c2c1. The number of carbonyl (C=O) groups excluding carboxylic acids is 1. The van der Waals surface area contributed by atoms with E-state index in [4.69, 9.17) is 0 Å². The summed E-state index contributed by atoms with van der Waals surface area (Å²) in [6.07, 6.45) is 0.513. The quantitative estimate of drug-likeness (QED) is 0.615. The van der Waals surface area contributed by atoms with Gasteiger partial charge >= 0.3 is 0 Å². The van der Waals surface area contributed by atoms with Crippen molar-refractivity contribution in [3.8, 4) is 0 Å². The number of rotatable bonds is 5. The van der Waals surface area contributed by atoms with Gasteiger partial charge in [0.15, 0.2) is 15.0 Å². The highest BCUT2D eigenvalue weighted by Crippen LogP contribution is 2.27. The molecule has 1 fully saturated rings. The third kappa shape index (κ3) is 4.07. The average Bonchev–Trinajstić information content (AvgIpc) is 3.29. The number of amides is 1. The van der Waals surface area contributed by atoms with Crippen molar-refractivity contribution in [1.82, 2.24) is 19.7 Å². The zero-order valence-corrected chi connectivity index (χ0v) is 17.2. The van der Waals surface area contributed by atoms with Gasteiger partial charge in [0.1, 0.15) is 5.82 Å². The fourth-order valence-electron chi connectivity index (χ4n) is 3.34. The number of aromatic nitrogens is 4. The Hall–Kier alpha value is -2.33. The second-order valence-corrected chi connectivity index (χ2v) is 10.3. The number of thioether (sulfide) groups is 1. The van der Waals surface area contributed by atoms with Gasteiger partial charge < -0.3 is 10.3 Å². The Kier molecular flexibility index (Phi) is 4.92. The van der Waals surface area contributed by atoms with Crippen LogP contribution in [0.2, 0.25) is 0 Å². The fourth-order valence-corrected chi connectivity index (χ4v) is 5.71. The first-order valence-electron chi connectivity index (χ1n) is 8.95. The molecule has 0 aliphatic carbocycles. The summed E-state index contributed by atoms with van der Waals surface area (Å²) in [5.74, 6) is 0.746. The molecule has 0 spiro atoms. The number of hydrogen-bond donors (Lipinski definition) is 2. The summed E-state index contributed by atoms with van der Waals surface area (Å²) in [4.78, 5) is 20.1. The van der Waals surface area contributed by atoms with E-state index in [2.05, 4.69) is 20.4 Å². The second-order valence-electron chi connectivity index (χ2n) is 7.07. The van der Waals surface area contributed by atoms with Crippen LogP contribution in [-0.2, 0) is 14.6 Å². The molecule has 1 amide bonds. The van der Waals surface area contributed by atoms with Crippen molar-refractivity contribution in [2.24, 2.45) is 0 Å². The minimum Gasteiger partial charge on any atom is -0.333 e. The van der Waals surface area contributed by atoms with Gasteiger partial charge in [-0.15, -0.1) is 0 Å². The number of fused-ring (bicyclic) bond motifs is 1. The van der Waals surface area contributed by atoms with Gasteiger partial charge in [0.25, 0.3) is 0 Å². The molecule has 8 nitrogen and oxygen atoms in total. The Morgan fingerprint density at radius 3 is 2.93 bits per heavy atom. The number of H-pyrrole nitrogens is 1. The largest absolute Gasteiger partial charge is 0.333 e. The first kappa shape index (κ1) is 19.0. The molecule has 2 aromatic heterocycles. The van der Waals surface area contributed by atoms with Gasteiger partial charge in [-0.25, -0.2) is 18.1 Å². The highest BCUT2D eigenvalue weighted by atomic mass is 32.2. The molecular formula is C18H21N5O3S2. The summed E-state index contributed by atoms with van der Waals surface area (Å²) in [6.45, 7) is 3.84. The van der Waals surface area contributed by atoms with Crippen molar-refractivity contribution < 1.29 is 13.2 Å². The zero-order chi connectivity index (χ0) is 19.9. The first-order chi connectivity index (χ1) is 13.3. The minimum atomic E-state index is -3.03. The van der Waals surface area contributed by atoms with Crippen molar-refractivity contribution in [2.75, 3.05) is 22.6 Å². The summed E-state index contributed by atoms with van der Waals surface area (Å²) in [5, 5.41) is 7.91. The third-order valence-corrected chi connectivity index (χ3v) is 7.26. The van der Waals surface area contributed by atoms with E-state index in [0.29, 0.717) is 17.4 Å². The van der Waals surface area contributed by atoms with Gasteiger partial charge in [0.05, 0.1) is 40.0 Å². The first-order valence-corrected chi connectivity index (χ1v) is 11.8. The molecule has 0 saturated carbocycles. The van der Waals surface area contributed by atoms with Gasteiger partial charge in [0.2, 0.25) is 5.91 Å². The molecular weight excluding hydrogens is 398 g/mol. The van der Waals surface area contributed by atoms with Crippen molar-refractivity contribution in [3.63, 3.8) is 0 Å². The Bertz CT molecular complexity index is 1150. The lowest BCUT2D eigenvalue weighted by molar-refractivity contribution is -0.113. The Morgan fingerprint density at radius 1 is 1.36 bits per heavy atom. The van der Waals surface area contributed by atoms with Crippen LogP contribution in [-0.4, -0.2) is 51.3 Å². The number of anilines is 1. The normalized spacial score (nSPS) is 18.6. The van der Waals surface area contributed by atoms with Gasteiger partial charge in [-0.05, 0) is 38.0 Å². The monoisotopic (exact) mass is 419 g/mol. The summed E-state index contributed by atoms with van der Waals surface area (Å²) >= 11 is 1.32. The standard InChI is InChI=1S/C18H21N5O3S2/c1-11-3-4-14-15(7-11)20-18(19-14)27-9-17(24)21-16-8-12(2)22-23(16)13-5-6-28(25,26)10-13/h3-4,7-8,13H,5-6,9-10H2,1-2H3,(H,19,20)(H,21,24)/t13-/m1/s1. The molecule has 28 heavy (non-hydrogen) atoms. The van der Waals surface area contributed by atoms with Gasteiger partial charge in [-0.2, -0.15) is 5.10 Å². The maximum atomic E-state index is 12.4. The molecule has 10 heteroatoms. The number of aromatic amines is 1. The molecule has 4 rings (SSSR count). The minimum absolute atomic E-state index is 0.0597. The maximum absolute atomic E-state index is 12.4. The van der Waals surface area contributed by atoms with E-state index in [9.17, 15) is 13.2 Å². The number of nitrogens with zero attached hydrogens (tertiary/aromatic N) is 3. The number of benzene rings is 1. The summed E-state index contributed by atoms with van der Waals surface area (Å²) in [7, 11) is -3.03. The van der Waals surface area contributed by atoms with E-state index in [0.717, 1.165) is 22.3 Å². The van der Waals surface area contributed by atoms with E-state index in [1.54, 1.807) is 10.7 Å². The number of carbonyl (C=O) groups is 1. The molecule has 3 heterocycles.